The van der Waals surface area contributed by atoms with E-state index in [0.717, 1.165) is 25.1 Å². The molecule has 1 aliphatic heterocycles. The average molecular weight is 519 g/mol. The summed E-state index contributed by atoms with van der Waals surface area (Å²) < 4.78 is 40.7. The summed E-state index contributed by atoms with van der Waals surface area (Å²) in [7, 11) is 6.00. The molecule has 3 heterocycles. The van der Waals surface area contributed by atoms with E-state index < -0.39 is 11.6 Å². The molecule has 1 aliphatic rings. The summed E-state index contributed by atoms with van der Waals surface area (Å²) >= 11 is 0. The summed E-state index contributed by atoms with van der Waals surface area (Å²) in [4.78, 5) is 17.0. The van der Waals surface area contributed by atoms with Gasteiger partial charge < -0.3 is 19.4 Å². The number of nitriles is 1. The highest BCUT2D eigenvalue weighted by Gasteiger charge is 2.20. The number of carbonyl (C=O) groups is 1. The van der Waals surface area contributed by atoms with Crippen LogP contribution in [0.15, 0.2) is 53.1 Å². The zero-order chi connectivity index (χ0) is 27.2. The summed E-state index contributed by atoms with van der Waals surface area (Å²) in [5, 5.41) is 13.1. The maximum atomic E-state index is 15.0. The van der Waals surface area contributed by atoms with Crippen molar-refractivity contribution >= 4 is 23.1 Å². The lowest BCUT2D eigenvalue weighted by molar-refractivity contribution is 0.0904. The largest absolute Gasteiger partial charge is 0.453 e. The number of nitrogens with zero attached hydrogens (tertiary/aromatic N) is 3. The fourth-order valence-corrected chi connectivity index (χ4v) is 4.14. The number of aldehydes is 1. The number of ether oxygens (including phenoxy) is 1. The molecule has 2 aromatic carbocycles. The van der Waals surface area contributed by atoms with Crippen molar-refractivity contribution in [1.29, 1.82) is 5.26 Å². The second-order valence-electron chi connectivity index (χ2n) is 9.41. The van der Waals surface area contributed by atoms with Crippen LogP contribution < -0.4 is 5.32 Å². The van der Waals surface area contributed by atoms with Gasteiger partial charge in [-0.3, -0.25) is 4.79 Å². The van der Waals surface area contributed by atoms with Crippen LogP contribution in [0.1, 0.15) is 28.8 Å². The number of benzene rings is 2. The van der Waals surface area contributed by atoms with Gasteiger partial charge in [-0.2, -0.15) is 5.26 Å². The van der Waals surface area contributed by atoms with Crippen molar-refractivity contribution < 1.29 is 22.7 Å². The highest BCUT2D eigenvalue weighted by molar-refractivity contribution is 5.93. The van der Waals surface area contributed by atoms with E-state index in [1.165, 1.54) is 18.2 Å². The number of hydrogen-bond donors (Lipinski definition) is 1. The monoisotopic (exact) mass is 518 g/mol. The number of furan rings is 1. The van der Waals surface area contributed by atoms with Crippen LogP contribution in [0.4, 0.5) is 14.5 Å². The first-order valence-corrected chi connectivity index (χ1v) is 12.1. The van der Waals surface area contributed by atoms with Gasteiger partial charge in [0.1, 0.15) is 29.4 Å². The predicted octanol–water partition coefficient (Wildman–Crippen LogP) is 5.89. The van der Waals surface area contributed by atoms with Gasteiger partial charge in [-0.05, 0) is 63.8 Å². The van der Waals surface area contributed by atoms with E-state index in [-0.39, 0.29) is 34.1 Å². The summed E-state index contributed by atoms with van der Waals surface area (Å²) in [5.41, 5.74) is 2.42. The van der Waals surface area contributed by atoms with Gasteiger partial charge >= 0.3 is 0 Å². The van der Waals surface area contributed by atoms with Gasteiger partial charge in [-0.15, -0.1) is 0 Å². The maximum Gasteiger partial charge on any atom is 0.164 e. The van der Waals surface area contributed by atoms with Crippen LogP contribution >= 0.6 is 0 Å². The van der Waals surface area contributed by atoms with E-state index >= 15 is 0 Å². The van der Waals surface area contributed by atoms with Crippen molar-refractivity contribution in [3.05, 3.63) is 71.4 Å². The molecule has 5 rings (SSSR count). The van der Waals surface area contributed by atoms with E-state index in [1.54, 1.807) is 18.2 Å². The number of anilines is 1. The Labute approximate surface area is 219 Å². The Bertz CT molecular complexity index is 1480. The Kier molecular flexibility index (Phi) is 8.46. The first-order chi connectivity index (χ1) is 18.3. The van der Waals surface area contributed by atoms with Crippen LogP contribution in [-0.4, -0.2) is 56.6 Å². The molecule has 0 radical (unpaired) electrons. The summed E-state index contributed by atoms with van der Waals surface area (Å²) in [6, 6.07) is 12.9. The molecule has 1 saturated heterocycles. The standard InChI is InChI=1S/C26H19F2N3O3.C3H9N/c27-20-9-15(14-32)1-3-19(20)24-11-23-26(34-24)25(21(28)13-30-23)16-2-4-22(17(10-16)12-29)31-18-5-7-33-8-6-18;1-4(2)3/h1-4,9-11,13-14,18,31H,5-8H2;1-3H3. The molecular formula is C29H28F2N4O3. The van der Waals surface area contributed by atoms with Crippen LogP contribution in [0.5, 0.6) is 0 Å². The molecule has 0 bridgehead atoms. The molecule has 0 saturated carbocycles. The molecule has 0 atom stereocenters. The van der Waals surface area contributed by atoms with Crippen LogP contribution in [0.2, 0.25) is 0 Å². The molecule has 0 amide bonds. The Morgan fingerprint density at radius 2 is 1.82 bits per heavy atom. The zero-order valence-electron chi connectivity index (χ0n) is 21.4. The molecule has 0 aliphatic carbocycles. The third kappa shape index (κ3) is 6.05. The molecule has 2 aromatic heterocycles. The highest BCUT2D eigenvalue weighted by Crippen LogP contribution is 2.37. The number of aromatic nitrogens is 1. The Morgan fingerprint density at radius 3 is 2.47 bits per heavy atom. The molecule has 38 heavy (non-hydrogen) atoms. The summed E-state index contributed by atoms with van der Waals surface area (Å²) in [6.45, 7) is 1.33. The van der Waals surface area contributed by atoms with Crippen molar-refractivity contribution in [3.8, 4) is 28.5 Å². The lowest BCUT2D eigenvalue weighted by Gasteiger charge is -2.24. The van der Waals surface area contributed by atoms with Crippen LogP contribution in [0.25, 0.3) is 33.6 Å². The minimum absolute atomic E-state index is 0.128. The van der Waals surface area contributed by atoms with Gasteiger partial charge in [-0.1, -0.05) is 12.1 Å². The van der Waals surface area contributed by atoms with E-state index in [2.05, 4.69) is 16.4 Å². The minimum Gasteiger partial charge on any atom is -0.453 e. The highest BCUT2D eigenvalue weighted by atomic mass is 19.1. The summed E-state index contributed by atoms with van der Waals surface area (Å²) in [6.07, 6.45) is 3.30. The van der Waals surface area contributed by atoms with E-state index in [4.69, 9.17) is 9.15 Å². The Morgan fingerprint density at radius 1 is 1.08 bits per heavy atom. The third-order valence-electron chi connectivity index (χ3n) is 5.90. The predicted molar refractivity (Wildman–Crippen MR) is 142 cm³/mol. The molecule has 0 spiro atoms. The average Bonchev–Trinajstić information content (AvgIpc) is 3.33. The van der Waals surface area contributed by atoms with Crippen molar-refractivity contribution in [1.82, 2.24) is 9.88 Å². The van der Waals surface area contributed by atoms with Crippen molar-refractivity contribution in [2.24, 2.45) is 0 Å². The maximum absolute atomic E-state index is 15.0. The Hall–Kier alpha value is -4.13. The van der Waals surface area contributed by atoms with Gasteiger partial charge in [0.15, 0.2) is 11.4 Å². The number of pyridine rings is 1. The van der Waals surface area contributed by atoms with Crippen LogP contribution in [0, 0.1) is 23.0 Å². The van der Waals surface area contributed by atoms with E-state index in [0.29, 0.717) is 41.8 Å². The lowest BCUT2D eigenvalue weighted by atomic mass is 10.0. The number of hydrogen-bond acceptors (Lipinski definition) is 7. The van der Waals surface area contributed by atoms with Crippen molar-refractivity contribution in [2.75, 3.05) is 39.7 Å². The van der Waals surface area contributed by atoms with E-state index in [9.17, 15) is 18.8 Å². The first kappa shape index (κ1) is 26.9. The molecule has 4 aromatic rings. The SMILES string of the molecule is CN(C)C.N#Cc1cc(-c2c(F)cnc3cc(-c4ccc(C=O)cc4F)oc23)ccc1NC1CCOCC1. The second-order valence-corrected chi connectivity index (χ2v) is 9.41. The number of halogens is 2. The molecule has 1 N–H and O–H groups in total. The molecule has 196 valence electrons. The molecular weight excluding hydrogens is 490 g/mol. The van der Waals surface area contributed by atoms with Crippen LogP contribution in [-0.2, 0) is 4.74 Å². The minimum atomic E-state index is -0.638. The van der Waals surface area contributed by atoms with Gasteiger partial charge in [0.25, 0.3) is 0 Å². The topological polar surface area (TPSA) is 91.4 Å². The Balaban J connectivity index is 0.000000786. The third-order valence-corrected chi connectivity index (χ3v) is 5.90. The first-order valence-electron chi connectivity index (χ1n) is 12.1. The van der Waals surface area contributed by atoms with E-state index in [1.807, 2.05) is 26.0 Å². The number of rotatable bonds is 5. The lowest BCUT2D eigenvalue weighted by Crippen LogP contribution is -2.28. The molecule has 1 fully saturated rings. The number of nitrogens with one attached hydrogen (secondary N) is 1. The quantitative estimate of drug-likeness (QED) is 0.329. The number of fused-ring (bicyclic) bond motifs is 1. The van der Waals surface area contributed by atoms with Crippen LogP contribution in [0.3, 0.4) is 0 Å². The number of carbonyl (C=O) groups excluding carboxylic acids is 1. The normalized spacial score (nSPS) is 13.6. The van der Waals surface area contributed by atoms with Crippen molar-refractivity contribution in [2.45, 2.75) is 18.9 Å². The fraction of sp³-hybridized carbons (Fsp3) is 0.276. The summed E-state index contributed by atoms with van der Waals surface area (Å²) in [5.74, 6) is -1.11. The zero-order valence-corrected chi connectivity index (χ0v) is 21.4. The smallest absolute Gasteiger partial charge is 0.164 e. The molecule has 7 nitrogen and oxygen atoms in total. The van der Waals surface area contributed by atoms with Gasteiger partial charge in [0.05, 0.1) is 28.6 Å². The van der Waals surface area contributed by atoms with Gasteiger partial charge in [0.2, 0.25) is 0 Å². The molecule has 9 heteroatoms. The van der Waals surface area contributed by atoms with Crippen molar-refractivity contribution in [3.63, 3.8) is 0 Å². The van der Waals surface area contributed by atoms with Gasteiger partial charge in [0, 0.05) is 30.9 Å². The van der Waals surface area contributed by atoms with Gasteiger partial charge in [-0.25, -0.2) is 13.8 Å². The second kappa shape index (κ2) is 11.9. The fourth-order valence-electron chi connectivity index (χ4n) is 4.14. The molecule has 0 unspecified atom stereocenters.